The van der Waals surface area contributed by atoms with Crippen molar-refractivity contribution < 1.29 is 18.7 Å². The van der Waals surface area contributed by atoms with Gasteiger partial charge in [0.2, 0.25) is 5.89 Å². The Kier molecular flexibility index (Phi) is 6.68. The molecule has 0 radical (unpaired) electrons. The predicted molar refractivity (Wildman–Crippen MR) is 104 cm³/mol. The second-order valence-electron chi connectivity index (χ2n) is 6.40. The van der Waals surface area contributed by atoms with Crippen molar-refractivity contribution >= 4 is 11.8 Å². The van der Waals surface area contributed by atoms with Crippen LogP contribution in [0.15, 0.2) is 59.0 Å². The number of benzene rings is 2. The van der Waals surface area contributed by atoms with Gasteiger partial charge in [-0.15, -0.1) is 10.2 Å². The second-order valence-corrected chi connectivity index (χ2v) is 6.40. The second kappa shape index (κ2) is 9.60. The minimum absolute atomic E-state index is 0.00915. The van der Waals surface area contributed by atoms with Crippen molar-refractivity contribution in [3.8, 4) is 11.5 Å². The van der Waals surface area contributed by atoms with Crippen molar-refractivity contribution in [2.75, 3.05) is 0 Å². The van der Waals surface area contributed by atoms with Crippen LogP contribution >= 0.6 is 0 Å². The third kappa shape index (κ3) is 5.36. The van der Waals surface area contributed by atoms with Gasteiger partial charge in [0.05, 0.1) is 6.42 Å². The molecule has 0 aliphatic rings. The maximum Gasteiger partial charge on any atom is 0.306 e. The van der Waals surface area contributed by atoms with E-state index in [0.29, 0.717) is 11.5 Å². The van der Waals surface area contributed by atoms with Gasteiger partial charge in [-0.25, -0.2) is 0 Å². The predicted octanol–water partition coefficient (Wildman–Crippen LogP) is 4.40. The van der Waals surface area contributed by atoms with Crippen LogP contribution in [0.3, 0.4) is 0 Å². The molecule has 2 aromatic carbocycles. The molecule has 0 unspecified atom stereocenters. The highest BCUT2D eigenvalue weighted by molar-refractivity contribution is 5.97. The molecule has 3 aromatic rings. The Morgan fingerprint density at radius 2 is 1.71 bits per heavy atom. The number of esters is 1. The molecule has 144 valence electrons. The summed E-state index contributed by atoms with van der Waals surface area (Å²) in [5.74, 6) is 0.0259. The lowest BCUT2D eigenvalue weighted by molar-refractivity contribution is -0.145. The maximum atomic E-state index is 12.2. The van der Waals surface area contributed by atoms with E-state index in [1.54, 1.807) is 0 Å². The first-order valence-corrected chi connectivity index (χ1v) is 9.31. The molecule has 3 rings (SSSR count). The first-order valence-electron chi connectivity index (χ1n) is 9.31. The highest BCUT2D eigenvalue weighted by atomic mass is 16.5. The summed E-state index contributed by atoms with van der Waals surface area (Å²) in [6.45, 7) is 2.00. The fourth-order valence-electron chi connectivity index (χ4n) is 2.73. The summed E-state index contributed by atoms with van der Waals surface area (Å²) in [5.41, 5.74) is 2.60. The molecule has 0 fully saturated rings. The Hall–Kier alpha value is -3.28. The molecular formula is C22H22N2O4. The molecule has 28 heavy (non-hydrogen) atoms. The number of Topliss-reactive ketones (excluding diaryl/α,β-unsaturated/α-hetero) is 1. The summed E-state index contributed by atoms with van der Waals surface area (Å²) < 4.78 is 10.6. The first-order chi connectivity index (χ1) is 13.7. The number of rotatable bonds is 9. The van der Waals surface area contributed by atoms with Crippen molar-refractivity contribution in [3.63, 3.8) is 0 Å². The number of carbonyl (C=O) groups excluding carboxylic acids is 2. The lowest BCUT2D eigenvalue weighted by Crippen LogP contribution is -2.08. The third-order valence-corrected chi connectivity index (χ3v) is 4.21. The first kappa shape index (κ1) is 19.5. The summed E-state index contributed by atoms with van der Waals surface area (Å²) in [6.07, 6.45) is 2.16. The van der Waals surface area contributed by atoms with Gasteiger partial charge < -0.3 is 9.15 Å². The number of aromatic nitrogens is 2. The summed E-state index contributed by atoms with van der Waals surface area (Å²) >= 11 is 0. The molecule has 0 saturated heterocycles. The molecule has 0 amide bonds. The number of ether oxygens (including phenoxy) is 1. The smallest absolute Gasteiger partial charge is 0.306 e. The van der Waals surface area contributed by atoms with E-state index in [-0.39, 0.29) is 31.1 Å². The quantitative estimate of drug-likeness (QED) is 0.405. The zero-order valence-electron chi connectivity index (χ0n) is 15.8. The normalized spacial score (nSPS) is 10.6. The fourth-order valence-corrected chi connectivity index (χ4v) is 2.73. The molecule has 0 aliphatic carbocycles. The molecular weight excluding hydrogens is 356 g/mol. The Labute approximate surface area is 163 Å². The largest absolute Gasteiger partial charge is 0.456 e. The Balaban J connectivity index is 1.44. The number of hydrogen-bond donors (Lipinski definition) is 0. The molecule has 6 heteroatoms. The van der Waals surface area contributed by atoms with Gasteiger partial charge >= 0.3 is 5.97 Å². The van der Waals surface area contributed by atoms with E-state index in [4.69, 9.17) is 9.15 Å². The van der Waals surface area contributed by atoms with Gasteiger partial charge in [0, 0.05) is 17.5 Å². The highest BCUT2D eigenvalue weighted by Crippen LogP contribution is 2.17. The molecule has 6 nitrogen and oxygen atoms in total. The van der Waals surface area contributed by atoms with Crippen LogP contribution in [-0.4, -0.2) is 21.9 Å². The van der Waals surface area contributed by atoms with Crippen LogP contribution in [0.5, 0.6) is 0 Å². The molecule has 0 aliphatic heterocycles. The van der Waals surface area contributed by atoms with Gasteiger partial charge in [0.1, 0.15) is 0 Å². The fraction of sp³-hybridized carbons (Fsp3) is 0.273. The third-order valence-electron chi connectivity index (χ3n) is 4.21. The number of hydrogen-bond acceptors (Lipinski definition) is 6. The summed E-state index contributed by atoms with van der Waals surface area (Å²) in [6, 6.07) is 16.9. The molecule has 0 N–H and O–H groups in total. The minimum Gasteiger partial charge on any atom is -0.456 e. The van der Waals surface area contributed by atoms with E-state index < -0.39 is 5.97 Å². The van der Waals surface area contributed by atoms with Crippen molar-refractivity contribution in [2.24, 2.45) is 0 Å². The van der Waals surface area contributed by atoms with Gasteiger partial charge in [-0.1, -0.05) is 55.8 Å². The molecule has 0 saturated carbocycles. The van der Waals surface area contributed by atoms with Gasteiger partial charge in [0.15, 0.2) is 12.4 Å². The number of nitrogens with zero attached hydrogens (tertiary/aromatic N) is 2. The number of aryl methyl sites for hydroxylation is 1. The topological polar surface area (TPSA) is 82.3 Å². The average molecular weight is 378 g/mol. The Morgan fingerprint density at radius 3 is 2.43 bits per heavy atom. The van der Waals surface area contributed by atoms with E-state index in [2.05, 4.69) is 17.1 Å². The lowest BCUT2D eigenvalue weighted by atomic mass is 10.0. The summed E-state index contributed by atoms with van der Waals surface area (Å²) in [5, 5.41) is 7.81. The van der Waals surface area contributed by atoms with Crippen molar-refractivity contribution in [2.45, 2.75) is 39.2 Å². The van der Waals surface area contributed by atoms with Gasteiger partial charge in [0.25, 0.3) is 5.89 Å². The monoisotopic (exact) mass is 378 g/mol. The van der Waals surface area contributed by atoms with Crippen LogP contribution in [0, 0.1) is 0 Å². The zero-order chi connectivity index (χ0) is 19.8. The Morgan fingerprint density at radius 1 is 0.964 bits per heavy atom. The zero-order valence-corrected chi connectivity index (χ0v) is 15.8. The van der Waals surface area contributed by atoms with E-state index in [1.807, 2.05) is 54.6 Å². The van der Waals surface area contributed by atoms with Crippen LogP contribution in [0.4, 0.5) is 0 Å². The van der Waals surface area contributed by atoms with E-state index in [1.165, 1.54) is 5.56 Å². The van der Waals surface area contributed by atoms with Crippen LogP contribution < -0.4 is 0 Å². The Bertz CT molecular complexity index is 917. The van der Waals surface area contributed by atoms with Crippen LogP contribution in [0.1, 0.15) is 48.0 Å². The summed E-state index contributed by atoms with van der Waals surface area (Å²) in [4.78, 5) is 24.1. The molecule has 0 spiro atoms. The van der Waals surface area contributed by atoms with Crippen molar-refractivity contribution in [3.05, 3.63) is 71.6 Å². The van der Waals surface area contributed by atoms with Crippen LogP contribution in [0.2, 0.25) is 0 Å². The standard InChI is InChI=1S/C22H22N2O4/c1-2-6-16-9-11-17(12-10-16)19(25)13-14-21(26)27-15-20-23-24-22(28-20)18-7-4-3-5-8-18/h3-5,7-12H,2,6,13-15H2,1H3. The number of ketones is 1. The minimum atomic E-state index is -0.476. The van der Waals surface area contributed by atoms with Crippen molar-refractivity contribution in [1.82, 2.24) is 10.2 Å². The SMILES string of the molecule is CCCc1ccc(C(=O)CCC(=O)OCc2nnc(-c3ccccc3)o2)cc1. The molecule has 0 bridgehead atoms. The average Bonchev–Trinajstić information content (AvgIpc) is 3.21. The van der Waals surface area contributed by atoms with Gasteiger partial charge in [-0.05, 0) is 24.1 Å². The molecule has 0 atom stereocenters. The van der Waals surface area contributed by atoms with Crippen molar-refractivity contribution in [1.29, 1.82) is 0 Å². The van der Waals surface area contributed by atoms with Crippen LogP contribution in [0.25, 0.3) is 11.5 Å². The molecule has 1 heterocycles. The number of carbonyl (C=O) groups is 2. The van der Waals surface area contributed by atoms with E-state index in [0.717, 1.165) is 18.4 Å². The maximum absolute atomic E-state index is 12.2. The van der Waals surface area contributed by atoms with E-state index >= 15 is 0 Å². The van der Waals surface area contributed by atoms with E-state index in [9.17, 15) is 9.59 Å². The molecule has 1 aromatic heterocycles. The lowest BCUT2D eigenvalue weighted by Gasteiger charge is -2.04. The van der Waals surface area contributed by atoms with Crippen LogP contribution in [-0.2, 0) is 22.6 Å². The highest BCUT2D eigenvalue weighted by Gasteiger charge is 2.13. The van der Waals surface area contributed by atoms with Gasteiger partial charge in [-0.3, -0.25) is 9.59 Å². The summed E-state index contributed by atoms with van der Waals surface area (Å²) in [7, 11) is 0. The van der Waals surface area contributed by atoms with Gasteiger partial charge in [-0.2, -0.15) is 0 Å².